The van der Waals surface area contributed by atoms with Gasteiger partial charge in [0.05, 0.1) is 11.7 Å². The maximum Gasteiger partial charge on any atom is 0.241 e. The molecule has 0 aliphatic heterocycles. The zero-order valence-electron chi connectivity index (χ0n) is 11.6. The number of halogens is 1. The molecule has 0 bridgehead atoms. The van der Waals surface area contributed by atoms with Crippen LogP contribution in [-0.2, 0) is 4.79 Å². The normalized spacial score (nSPS) is 13.3. The zero-order valence-corrected chi connectivity index (χ0v) is 13.2. The first-order valence-corrected chi connectivity index (χ1v) is 6.75. The molecular formula is C14H21BrN2O. The Labute approximate surface area is 117 Å². The number of carbonyl (C=O) groups is 1. The van der Waals surface area contributed by atoms with Gasteiger partial charge in [0.25, 0.3) is 0 Å². The van der Waals surface area contributed by atoms with E-state index in [9.17, 15) is 4.79 Å². The van der Waals surface area contributed by atoms with Crippen LogP contribution in [0, 0.1) is 19.3 Å². The highest BCUT2D eigenvalue weighted by molar-refractivity contribution is 9.10. The molecule has 0 aliphatic carbocycles. The van der Waals surface area contributed by atoms with Crippen molar-refractivity contribution >= 4 is 27.5 Å². The van der Waals surface area contributed by atoms with Crippen molar-refractivity contribution in [1.29, 1.82) is 0 Å². The van der Waals surface area contributed by atoms with Crippen LogP contribution in [0.3, 0.4) is 0 Å². The minimum atomic E-state index is -0.537. The van der Waals surface area contributed by atoms with Gasteiger partial charge in [-0.25, -0.2) is 0 Å². The van der Waals surface area contributed by atoms with Gasteiger partial charge in [0.1, 0.15) is 0 Å². The molecule has 18 heavy (non-hydrogen) atoms. The molecule has 1 aromatic rings. The minimum absolute atomic E-state index is 0.157. The summed E-state index contributed by atoms with van der Waals surface area (Å²) in [7, 11) is 0. The maximum atomic E-state index is 12.1. The molecule has 0 saturated heterocycles. The largest absolute Gasteiger partial charge is 0.323 e. The average molecular weight is 313 g/mol. The lowest BCUT2D eigenvalue weighted by molar-refractivity contribution is -0.119. The summed E-state index contributed by atoms with van der Waals surface area (Å²) in [6.07, 6.45) is 0. The molecule has 0 radical (unpaired) electrons. The number of benzene rings is 1. The molecule has 4 heteroatoms. The molecule has 0 saturated carbocycles. The summed E-state index contributed by atoms with van der Waals surface area (Å²) in [5.74, 6) is -0.157. The third-order valence-corrected chi connectivity index (χ3v) is 3.52. The van der Waals surface area contributed by atoms with Crippen molar-refractivity contribution < 1.29 is 4.79 Å². The number of carbonyl (C=O) groups excluding carboxylic acids is 1. The van der Waals surface area contributed by atoms with E-state index in [1.54, 1.807) is 0 Å². The summed E-state index contributed by atoms with van der Waals surface area (Å²) < 4.78 is 0.884. The molecule has 1 amide bonds. The molecule has 0 aliphatic rings. The first-order chi connectivity index (χ1) is 8.12. The predicted molar refractivity (Wildman–Crippen MR) is 79.7 cm³/mol. The van der Waals surface area contributed by atoms with Crippen molar-refractivity contribution in [3.63, 3.8) is 0 Å². The lowest BCUT2D eigenvalue weighted by Crippen LogP contribution is -2.45. The van der Waals surface area contributed by atoms with Crippen LogP contribution in [0.4, 0.5) is 5.69 Å². The van der Waals surface area contributed by atoms with Gasteiger partial charge in [-0.05, 0) is 52.4 Å². The van der Waals surface area contributed by atoms with Crippen molar-refractivity contribution in [2.75, 3.05) is 5.32 Å². The fraction of sp³-hybridized carbons (Fsp3) is 0.500. The van der Waals surface area contributed by atoms with Gasteiger partial charge in [0.15, 0.2) is 0 Å². The van der Waals surface area contributed by atoms with E-state index < -0.39 is 6.04 Å². The summed E-state index contributed by atoms with van der Waals surface area (Å²) in [4.78, 5) is 12.1. The second-order valence-electron chi connectivity index (χ2n) is 5.77. The van der Waals surface area contributed by atoms with Crippen LogP contribution >= 0.6 is 15.9 Å². The number of nitrogens with one attached hydrogen (secondary N) is 1. The Kier molecular flexibility index (Phi) is 4.56. The van der Waals surface area contributed by atoms with Gasteiger partial charge in [-0.1, -0.05) is 26.8 Å². The van der Waals surface area contributed by atoms with E-state index in [4.69, 9.17) is 5.73 Å². The predicted octanol–water partition coefficient (Wildman–Crippen LogP) is 3.38. The number of hydrogen-bond donors (Lipinski definition) is 2. The topological polar surface area (TPSA) is 55.1 Å². The number of amides is 1. The lowest BCUT2D eigenvalue weighted by atomic mass is 9.87. The molecule has 0 aromatic heterocycles. The standard InChI is InChI=1S/C14H21BrN2O/c1-8-6-9(2)11(10(15)7-8)17-13(18)12(16)14(3,4)5/h6-7,12H,16H2,1-5H3,(H,17,18). The SMILES string of the molecule is Cc1cc(C)c(NC(=O)C(N)C(C)(C)C)c(Br)c1. The van der Waals surface area contributed by atoms with Gasteiger partial charge in [0, 0.05) is 4.47 Å². The summed E-state index contributed by atoms with van der Waals surface area (Å²) in [6.45, 7) is 9.84. The fourth-order valence-corrected chi connectivity index (χ4v) is 2.44. The first kappa shape index (κ1) is 15.2. The van der Waals surface area contributed by atoms with Gasteiger partial charge in [-0.15, -0.1) is 0 Å². The molecule has 1 rings (SSSR count). The Balaban J connectivity index is 2.96. The fourth-order valence-electron chi connectivity index (χ4n) is 1.67. The van der Waals surface area contributed by atoms with Gasteiger partial charge in [-0.3, -0.25) is 4.79 Å². The zero-order chi connectivity index (χ0) is 14.1. The first-order valence-electron chi connectivity index (χ1n) is 5.96. The van der Waals surface area contributed by atoms with Gasteiger partial charge < -0.3 is 11.1 Å². The van der Waals surface area contributed by atoms with E-state index in [1.165, 1.54) is 0 Å². The minimum Gasteiger partial charge on any atom is -0.323 e. The lowest BCUT2D eigenvalue weighted by Gasteiger charge is -2.26. The summed E-state index contributed by atoms with van der Waals surface area (Å²) in [5.41, 5.74) is 8.66. The Morgan fingerprint density at radius 3 is 2.33 bits per heavy atom. The Bertz CT molecular complexity index is 440. The van der Waals surface area contributed by atoms with Gasteiger partial charge in [-0.2, -0.15) is 0 Å². The molecule has 0 heterocycles. The second-order valence-corrected chi connectivity index (χ2v) is 6.63. The quantitative estimate of drug-likeness (QED) is 0.879. The maximum absolute atomic E-state index is 12.1. The number of anilines is 1. The molecule has 1 unspecified atom stereocenters. The third kappa shape index (κ3) is 3.56. The van der Waals surface area contributed by atoms with Crippen LogP contribution in [0.5, 0.6) is 0 Å². The Hall–Kier alpha value is -0.870. The smallest absolute Gasteiger partial charge is 0.241 e. The molecule has 3 N–H and O–H groups in total. The summed E-state index contributed by atoms with van der Waals surface area (Å²) in [5, 5.41) is 2.90. The van der Waals surface area contributed by atoms with Crippen LogP contribution in [0.15, 0.2) is 16.6 Å². The highest BCUT2D eigenvalue weighted by Gasteiger charge is 2.28. The van der Waals surface area contributed by atoms with E-state index >= 15 is 0 Å². The molecular weight excluding hydrogens is 292 g/mol. The van der Waals surface area contributed by atoms with Gasteiger partial charge in [0.2, 0.25) is 5.91 Å². The molecule has 0 fully saturated rings. The van der Waals surface area contributed by atoms with Crippen molar-refractivity contribution in [3.05, 3.63) is 27.7 Å². The van der Waals surface area contributed by atoms with Crippen LogP contribution < -0.4 is 11.1 Å². The van der Waals surface area contributed by atoms with Crippen molar-refractivity contribution in [1.82, 2.24) is 0 Å². The van der Waals surface area contributed by atoms with Crippen LogP contribution in [0.2, 0.25) is 0 Å². The summed E-state index contributed by atoms with van der Waals surface area (Å²) >= 11 is 3.47. The van der Waals surface area contributed by atoms with E-state index in [1.807, 2.05) is 46.8 Å². The molecule has 0 spiro atoms. The molecule has 1 aromatic carbocycles. The van der Waals surface area contributed by atoms with Crippen LogP contribution in [-0.4, -0.2) is 11.9 Å². The van der Waals surface area contributed by atoms with E-state index in [-0.39, 0.29) is 11.3 Å². The number of rotatable bonds is 2. The van der Waals surface area contributed by atoms with Crippen LogP contribution in [0.1, 0.15) is 31.9 Å². The molecule has 1 atom stereocenters. The number of hydrogen-bond acceptors (Lipinski definition) is 2. The van der Waals surface area contributed by atoms with E-state index in [0.717, 1.165) is 21.3 Å². The molecule has 3 nitrogen and oxygen atoms in total. The molecule has 100 valence electrons. The number of aryl methyl sites for hydroxylation is 2. The van der Waals surface area contributed by atoms with Gasteiger partial charge >= 0.3 is 0 Å². The van der Waals surface area contributed by atoms with E-state index in [0.29, 0.717) is 0 Å². The highest BCUT2D eigenvalue weighted by Crippen LogP contribution is 2.28. The van der Waals surface area contributed by atoms with Crippen LogP contribution in [0.25, 0.3) is 0 Å². The number of nitrogens with two attached hydrogens (primary N) is 1. The second kappa shape index (κ2) is 5.41. The Morgan fingerprint density at radius 1 is 1.33 bits per heavy atom. The monoisotopic (exact) mass is 312 g/mol. The van der Waals surface area contributed by atoms with Crippen molar-refractivity contribution in [3.8, 4) is 0 Å². The third-order valence-electron chi connectivity index (χ3n) is 2.90. The van der Waals surface area contributed by atoms with Crippen molar-refractivity contribution in [2.24, 2.45) is 11.1 Å². The Morgan fingerprint density at radius 2 is 1.89 bits per heavy atom. The average Bonchev–Trinajstić information content (AvgIpc) is 2.20. The van der Waals surface area contributed by atoms with E-state index in [2.05, 4.69) is 21.2 Å². The van der Waals surface area contributed by atoms with Crippen molar-refractivity contribution in [2.45, 2.75) is 40.7 Å². The summed E-state index contributed by atoms with van der Waals surface area (Å²) in [6, 6.07) is 3.47. The highest BCUT2D eigenvalue weighted by atomic mass is 79.9.